The Hall–Kier alpha value is -0.570. The van der Waals surface area contributed by atoms with Gasteiger partial charge < -0.3 is 4.74 Å². The molecule has 0 radical (unpaired) electrons. The first-order valence-corrected chi connectivity index (χ1v) is 8.00. The van der Waals surface area contributed by atoms with Crippen molar-refractivity contribution < 1.29 is 9.53 Å². The summed E-state index contributed by atoms with van der Waals surface area (Å²) in [4.78, 5) is 12.2. The summed E-state index contributed by atoms with van der Waals surface area (Å²) in [5, 5.41) is 3.65. The van der Waals surface area contributed by atoms with E-state index >= 15 is 0 Å². The molecule has 0 aromatic heterocycles. The largest absolute Gasteiger partial charge is 0.468 e. The molecule has 2 aliphatic rings. The molecule has 0 aliphatic heterocycles. The average Bonchev–Trinajstić information content (AvgIpc) is 2.61. The minimum Gasteiger partial charge on any atom is -0.468 e. The number of carbonyl (C=O) groups is 1. The molecule has 1 N–H and O–H groups in total. The first kappa shape index (κ1) is 14.8. The number of ether oxygens (including phenoxy) is 1. The van der Waals surface area contributed by atoms with E-state index in [9.17, 15) is 4.79 Å². The second-order valence-corrected chi connectivity index (χ2v) is 6.66. The van der Waals surface area contributed by atoms with Crippen LogP contribution in [0.2, 0.25) is 0 Å². The van der Waals surface area contributed by atoms with Gasteiger partial charge in [-0.25, -0.2) is 0 Å². The highest BCUT2D eigenvalue weighted by atomic mass is 16.5. The maximum atomic E-state index is 12.2. The Morgan fingerprint density at radius 3 is 2.21 bits per heavy atom. The molecule has 0 heterocycles. The molecule has 3 nitrogen and oxygen atoms in total. The van der Waals surface area contributed by atoms with Crippen LogP contribution >= 0.6 is 0 Å². The van der Waals surface area contributed by atoms with E-state index in [0.717, 1.165) is 6.42 Å². The van der Waals surface area contributed by atoms with Gasteiger partial charge in [0.25, 0.3) is 0 Å². The molecule has 1 atom stereocenters. The zero-order valence-corrected chi connectivity index (χ0v) is 12.5. The number of methoxy groups -OCH3 is 1. The lowest BCUT2D eigenvalue weighted by Crippen LogP contribution is -2.55. The van der Waals surface area contributed by atoms with Crippen molar-refractivity contribution in [3.05, 3.63) is 0 Å². The van der Waals surface area contributed by atoms with E-state index in [-0.39, 0.29) is 5.97 Å². The lowest BCUT2D eigenvalue weighted by molar-refractivity contribution is -0.149. The molecule has 2 fully saturated rings. The van der Waals surface area contributed by atoms with E-state index < -0.39 is 5.54 Å². The zero-order valence-electron chi connectivity index (χ0n) is 12.5. The number of rotatable bonds is 5. The van der Waals surface area contributed by atoms with Crippen molar-refractivity contribution >= 4 is 5.97 Å². The Bertz CT molecular complexity index is 293. The van der Waals surface area contributed by atoms with Crippen molar-refractivity contribution in [3.8, 4) is 0 Å². The van der Waals surface area contributed by atoms with E-state index in [1.807, 2.05) is 6.92 Å². The van der Waals surface area contributed by atoms with Crippen LogP contribution in [-0.2, 0) is 9.53 Å². The first-order chi connectivity index (χ1) is 9.14. The lowest BCUT2D eigenvalue weighted by atomic mass is 9.76. The van der Waals surface area contributed by atoms with Crippen LogP contribution in [0.25, 0.3) is 0 Å². The lowest BCUT2D eigenvalue weighted by Gasteiger charge is -2.38. The van der Waals surface area contributed by atoms with Crippen LogP contribution in [0.5, 0.6) is 0 Å². The Labute approximate surface area is 117 Å². The smallest absolute Gasteiger partial charge is 0.325 e. The predicted octanol–water partition coefficient (Wildman–Crippen LogP) is 3.42. The molecule has 0 saturated heterocycles. The fraction of sp³-hybridized carbons (Fsp3) is 0.938. The Morgan fingerprint density at radius 1 is 1.11 bits per heavy atom. The minimum absolute atomic E-state index is 0.0800. The summed E-state index contributed by atoms with van der Waals surface area (Å²) in [5.41, 5.74) is -0.477. The molecular formula is C16H29NO2. The molecule has 1 unspecified atom stereocenters. The molecule has 19 heavy (non-hydrogen) atoms. The number of hydrogen-bond donors (Lipinski definition) is 1. The van der Waals surface area contributed by atoms with Gasteiger partial charge in [-0.3, -0.25) is 10.1 Å². The van der Waals surface area contributed by atoms with Crippen molar-refractivity contribution in [1.29, 1.82) is 0 Å². The molecule has 2 saturated carbocycles. The highest BCUT2D eigenvalue weighted by Gasteiger charge is 2.39. The number of hydrogen-bond acceptors (Lipinski definition) is 3. The van der Waals surface area contributed by atoms with Gasteiger partial charge in [0, 0.05) is 6.04 Å². The summed E-state index contributed by atoms with van der Waals surface area (Å²) in [7, 11) is 1.51. The van der Waals surface area contributed by atoms with Crippen molar-refractivity contribution in [2.45, 2.75) is 82.7 Å². The van der Waals surface area contributed by atoms with Crippen LogP contribution < -0.4 is 5.32 Å². The molecule has 0 aromatic rings. The molecule has 0 bridgehead atoms. The summed E-state index contributed by atoms with van der Waals surface area (Å²) in [6.07, 6.45) is 12.5. The summed E-state index contributed by atoms with van der Waals surface area (Å²) < 4.78 is 5.06. The van der Waals surface area contributed by atoms with Crippen molar-refractivity contribution in [2.75, 3.05) is 7.11 Å². The topological polar surface area (TPSA) is 38.3 Å². The molecule has 2 rings (SSSR count). The second kappa shape index (κ2) is 6.74. The standard InChI is InChI=1S/C16H29NO2/c1-16(15(18)19-2,12-13-8-7-9-13)17-14-10-5-3-4-6-11-14/h13-14,17H,3-12H2,1-2H3. The average molecular weight is 267 g/mol. The van der Waals surface area contributed by atoms with Crippen LogP contribution in [0.4, 0.5) is 0 Å². The monoisotopic (exact) mass is 267 g/mol. The van der Waals surface area contributed by atoms with Gasteiger partial charge in [0.15, 0.2) is 0 Å². The Kier molecular flexibility index (Phi) is 5.26. The fourth-order valence-corrected chi connectivity index (χ4v) is 3.57. The van der Waals surface area contributed by atoms with Crippen LogP contribution in [0.1, 0.15) is 71.1 Å². The molecule has 2 aliphatic carbocycles. The Morgan fingerprint density at radius 2 is 1.74 bits per heavy atom. The van der Waals surface area contributed by atoms with Crippen LogP contribution in [0.3, 0.4) is 0 Å². The van der Waals surface area contributed by atoms with Crippen molar-refractivity contribution in [1.82, 2.24) is 5.32 Å². The molecule has 0 amide bonds. The summed E-state index contributed by atoms with van der Waals surface area (Å²) in [6, 6.07) is 0.492. The quantitative estimate of drug-likeness (QED) is 0.612. The van der Waals surface area contributed by atoms with Gasteiger partial charge in [-0.2, -0.15) is 0 Å². The molecule has 110 valence electrons. The number of nitrogens with one attached hydrogen (secondary N) is 1. The van der Waals surface area contributed by atoms with E-state index in [2.05, 4.69) is 5.32 Å². The van der Waals surface area contributed by atoms with Crippen molar-refractivity contribution in [3.63, 3.8) is 0 Å². The minimum atomic E-state index is -0.477. The second-order valence-electron chi connectivity index (χ2n) is 6.66. The molecule has 0 aromatic carbocycles. The van der Waals surface area contributed by atoms with Crippen LogP contribution in [0, 0.1) is 5.92 Å². The van der Waals surface area contributed by atoms with Gasteiger partial charge >= 0.3 is 5.97 Å². The van der Waals surface area contributed by atoms with E-state index in [1.165, 1.54) is 64.9 Å². The zero-order chi connectivity index (χ0) is 13.7. The van der Waals surface area contributed by atoms with Gasteiger partial charge in [0.2, 0.25) is 0 Å². The summed E-state index contributed by atoms with van der Waals surface area (Å²) in [6.45, 7) is 2.04. The highest BCUT2D eigenvalue weighted by Crippen LogP contribution is 2.35. The third-order valence-corrected chi connectivity index (χ3v) is 4.94. The normalized spacial score (nSPS) is 25.2. The maximum Gasteiger partial charge on any atom is 0.325 e. The number of carbonyl (C=O) groups excluding carboxylic acids is 1. The highest BCUT2D eigenvalue weighted by molar-refractivity contribution is 5.80. The Balaban J connectivity index is 1.96. The van der Waals surface area contributed by atoms with Crippen LogP contribution in [0.15, 0.2) is 0 Å². The maximum absolute atomic E-state index is 12.2. The van der Waals surface area contributed by atoms with E-state index in [4.69, 9.17) is 4.74 Å². The molecule has 0 spiro atoms. The first-order valence-electron chi connectivity index (χ1n) is 8.00. The van der Waals surface area contributed by atoms with E-state index in [0.29, 0.717) is 12.0 Å². The van der Waals surface area contributed by atoms with E-state index in [1.54, 1.807) is 0 Å². The van der Waals surface area contributed by atoms with Gasteiger partial charge in [-0.05, 0) is 32.1 Å². The molecular weight excluding hydrogens is 238 g/mol. The fourth-order valence-electron chi connectivity index (χ4n) is 3.57. The predicted molar refractivity (Wildman–Crippen MR) is 77.0 cm³/mol. The van der Waals surface area contributed by atoms with Crippen molar-refractivity contribution in [2.24, 2.45) is 5.92 Å². The van der Waals surface area contributed by atoms with Gasteiger partial charge in [-0.15, -0.1) is 0 Å². The van der Waals surface area contributed by atoms with Gasteiger partial charge in [0.05, 0.1) is 7.11 Å². The third kappa shape index (κ3) is 3.95. The van der Waals surface area contributed by atoms with Gasteiger partial charge in [0.1, 0.15) is 5.54 Å². The summed E-state index contributed by atoms with van der Waals surface area (Å²) >= 11 is 0. The molecule has 3 heteroatoms. The number of esters is 1. The van der Waals surface area contributed by atoms with Gasteiger partial charge in [-0.1, -0.05) is 44.9 Å². The van der Waals surface area contributed by atoms with Crippen LogP contribution in [-0.4, -0.2) is 24.7 Å². The SMILES string of the molecule is COC(=O)C(C)(CC1CCC1)NC1CCCCCC1. The summed E-state index contributed by atoms with van der Waals surface area (Å²) in [5.74, 6) is 0.631. The third-order valence-electron chi connectivity index (χ3n) is 4.94.